The third-order valence-corrected chi connectivity index (χ3v) is 2.46. The zero-order valence-electron chi connectivity index (χ0n) is 9.28. The first-order valence-corrected chi connectivity index (χ1v) is 5.03. The maximum atomic E-state index is 10.9. The van der Waals surface area contributed by atoms with Gasteiger partial charge in [-0.25, -0.2) is 0 Å². The number of carboxylic acid groups (broad SMARTS) is 1. The van der Waals surface area contributed by atoms with Gasteiger partial charge in [-0.1, -0.05) is 12.1 Å². The van der Waals surface area contributed by atoms with E-state index in [1.54, 1.807) is 6.92 Å². The Balaban J connectivity index is 3.08. The highest BCUT2D eigenvalue weighted by atomic mass is 16.5. The molecule has 3 nitrogen and oxygen atoms in total. The normalized spacial score (nSPS) is 12.2. The van der Waals surface area contributed by atoms with Crippen molar-refractivity contribution in [2.75, 3.05) is 6.61 Å². The van der Waals surface area contributed by atoms with Crippen LogP contribution in [0, 0.1) is 6.92 Å². The molecule has 0 aliphatic heterocycles. The van der Waals surface area contributed by atoms with Gasteiger partial charge in [-0.2, -0.15) is 0 Å². The molecule has 0 aliphatic rings. The first-order valence-electron chi connectivity index (χ1n) is 5.03. The second-order valence-corrected chi connectivity index (χ2v) is 3.46. The van der Waals surface area contributed by atoms with Gasteiger partial charge in [-0.05, 0) is 38.0 Å². The molecule has 0 aromatic heterocycles. The van der Waals surface area contributed by atoms with Crippen LogP contribution in [0.3, 0.4) is 0 Å². The average molecular weight is 208 g/mol. The third-order valence-electron chi connectivity index (χ3n) is 2.46. The number of hydrogen-bond donors (Lipinski definition) is 1. The smallest absolute Gasteiger partial charge is 0.310 e. The molecule has 0 spiro atoms. The molecule has 0 saturated carbocycles. The topological polar surface area (TPSA) is 46.5 Å². The van der Waals surface area contributed by atoms with E-state index in [0.29, 0.717) is 6.61 Å². The van der Waals surface area contributed by atoms with Crippen molar-refractivity contribution in [2.24, 2.45) is 0 Å². The Labute approximate surface area is 89.7 Å². The zero-order valence-corrected chi connectivity index (χ0v) is 9.28. The zero-order chi connectivity index (χ0) is 11.4. The molecule has 1 atom stereocenters. The van der Waals surface area contributed by atoms with Gasteiger partial charge in [0.25, 0.3) is 0 Å². The number of carboxylic acids is 1. The fraction of sp³-hybridized carbons (Fsp3) is 0.417. The first-order chi connectivity index (χ1) is 7.07. The number of carbonyl (C=O) groups is 1. The maximum absolute atomic E-state index is 10.9. The van der Waals surface area contributed by atoms with E-state index < -0.39 is 11.9 Å². The van der Waals surface area contributed by atoms with Gasteiger partial charge in [-0.15, -0.1) is 0 Å². The van der Waals surface area contributed by atoms with E-state index in [1.165, 1.54) is 0 Å². The van der Waals surface area contributed by atoms with Crippen molar-refractivity contribution in [3.05, 3.63) is 29.3 Å². The van der Waals surface area contributed by atoms with E-state index in [2.05, 4.69) is 0 Å². The second-order valence-electron chi connectivity index (χ2n) is 3.46. The van der Waals surface area contributed by atoms with Crippen molar-refractivity contribution in [3.8, 4) is 5.75 Å². The lowest BCUT2D eigenvalue weighted by molar-refractivity contribution is -0.138. The predicted molar refractivity (Wildman–Crippen MR) is 58.4 cm³/mol. The summed E-state index contributed by atoms with van der Waals surface area (Å²) in [6.45, 7) is 6.07. The summed E-state index contributed by atoms with van der Waals surface area (Å²) in [4.78, 5) is 10.9. The van der Waals surface area contributed by atoms with Gasteiger partial charge < -0.3 is 9.84 Å². The van der Waals surface area contributed by atoms with Gasteiger partial charge in [0.1, 0.15) is 5.75 Å². The van der Waals surface area contributed by atoms with Crippen LogP contribution < -0.4 is 4.74 Å². The van der Waals surface area contributed by atoms with E-state index in [0.717, 1.165) is 16.9 Å². The van der Waals surface area contributed by atoms with Crippen LogP contribution >= 0.6 is 0 Å². The van der Waals surface area contributed by atoms with Crippen LogP contribution in [-0.4, -0.2) is 17.7 Å². The largest absolute Gasteiger partial charge is 0.494 e. The summed E-state index contributed by atoms with van der Waals surface area (Å²) < 4.78 is 5.41. The monoisotopic (exact) mass is 208 g/mol. The Bertz CT molecular complexity index is 358. The molecule has 1 rings (SSSR count). The Morgan fingerprint density at radius 3 is 2.73 bits per heavy atom. The molecule has 1 N–H and O–H groups in total. The van der Waals surface area contributed by atoms with Crippen LogP contribution in [0.5, 0.6) is 5.75 Å². The van der Waals surface area contributed by atoms with Crippen LogP contribution in [0.2, 0.25) is 0 Å². The van der Waals surface area contributed by atoms with Crippen LogP contribution in [0.25, 0.3) is 0 Å². The average Bonchev–Trinajstić information content (AvgIpc) is 2.20. The quantitative estimate of drug-likeness (QED) is 0.827. The fourth-order valence-corrected chi connectivity index (χ4v) is 1.55. The van der Waals surface area contributed by atoms with Gasteiger partial charge in [0.05, 0.1) is 12.5 Å². The van der Waals surface area contributed by atoms with E-state index >= 15 is 0 Å². The van der Waals surface area contributed by atoms with E-state index in [1.807, 2.05) is 32.0 Å². The Morgan fingerprint density at radius 1 is 1.53 bits per heavy atom. The minimum absolute atomic E-state index is 0.495. The molecule has 0 heterocycles. The highest BCUT2D eigenvalue weighted by Gasteiger charge is 2.17. The van der Waals surface area contributed by atoms with Gasteiger partial charge in [0.15, 0.2) is 0 Å². The summed E-state index contributed by atoms with van der Waals surface area (Å²) >= 11 is 0. The highest BCUT2D eigenvalue weighted by molar-refractivity contribution is 5.76. The van der Waals surface area contributed by atoms with Crippen molar-refractivity contribution in [3.63, 3.8) is 0 Å². The van der Waals surface area contributed by atoms with E-state index in [4.69, 9.17) is 9.84 Å². The molecule has 1 unspecified atom stereocenters. The predicted octanol–water partition coefficient (Wildman–Crippen LogP) is 2.58. The maximum Gasteiger partial charge on any atom is 0.310 e. The Kier molecular flexibility index (Phi) is 3.72. The number of rotatable bonds is 4. The Hall–Kier alpha value is -1.51. The summed E-state index contributed by atoms with van der Waals surface area (Å²) in [6, 6.07) is 5.51. The molecule has 0 fully saturated rings. The van der Waals surface area contributed by atoms with Crippen LogP contribution in [0.4, 0.5) is 0 Å². The summed E-state index contributed by atoms with van der Waals surface area (Å²) in [5, 5.41) is 8.94. The molecular formula is C12H16O3. The minimum atomic E-state index is -0.813. The molecular weight excluding hydrogens is 192 g/mol. The highest BCUT2D eigenvalue weighted by Crippen LogP contribution is 2.27. The summed E-state index contributed by atoms with van der Waals surface area (Å²) in [5.74, 6) is -0.541. The number of benzene rings is 1. The molecule has 15 heavy (non-hydrogen) atoms. The number of ether oxygens (including phenoxy) is 1. The van der Waals surface area contributed by atoms with Crippen molar-refractivity contribution >= 4 is 5.97 Å². The van der Waals surface area contributed by atoms with Gasteiger partial charge >= 0.3 is 5.97 Å². The molecule has 0 saturated heterocycles. The number of aliphatic carboxylic acids is 1. The molecule has 1 aromatic carbocycles. The lowest BCUT2D eigenvalue weighted by Crippen LogP contribution is -2.09. The lowest BCUT2D eigenvalue weighted by Gasteiger charge is -2.14. The standard InChI is InChI=1S/C12H16O3/c1-4-15-11-7-5-6-10(8(11)2)9(3)12(13)14/h5-7,9H,4H2,1-3H3,(H,13,14). The van der Waals surface area contributed by atoms with Crippen molar-refractivity contribution in [2.45, 2.75) is 26.7 Å². The van der Waals surface area contributed by atoms with Crippen molar-refractivity contribution in [1.29, 1.82) is 0 Å². The SMILES string of the molecule is CCOc1cccc(C(C)C(=O)O)c1C. The summed E-state index contributed by atoms with van der Waals surface area (Å²) in [5.41, 5.74) is 1.72. The van der Waals surface area contributed by atoms with Crippen LogP contribution in [-0.2, 0) is 4.79 Å². The Morgan fingerprint density at radius 2 is 2.20 bits per heavy atom. The molecule has 0 amide bonds. The van der Waals surface area contributed by atoms with Gasteiger partial charge in [0, 0.05) is 0 Å². The van der Waals surface area contributed by atoms with E-state index in [9.17, 15) is 4.79 Å². The molecule has 0 aliphatic carbocycles. The van der Waals surface area contributed by atoms with Crippen LogP contribution in [0.1, 0.15) is 30.9 Å². The minimum Gasteiger partial charge on any atom is -0.494 e. The van der Waals surface area contributed by atoms with Crippen LogP contribution in [0.15, 0.2) is 18.2 Å². The molecule has 3 heteroatoms. The third kappa shape index (κ3) is 2.49. The number of hydrogen-bond acceptors (Lipinski definition) is 2. The fourth-order valence-electron chi connectivity index (χ4n) is 1.55. The molecule has 0 radical (unpaired) electrons. The summed E-state index contributed by atoms with van der Waals surface area (Å²) in [6.07, 6.45) is 0. The molecule has 82 valence electrons. The van der Waals surface area contributed by atoms with Gasteiger partial charge in [-0.3, -0.25) is 4.79 Å². The lowest BCUT2D eigenvalue weighted by atomic mass is 9.96. The van der Waals surface area contributed by atoms with E-state index in [-0.39, 0.29) is 0 Å². The first kappa shape index (κ1) is 11.6. The molecule has 0 bridgehead atoms. The van der Waals surface area contributed by atoms with Crippen molar-refractivity contribution in [1.82, 2.24) is 0 Å². The second kappa shape index (κ2) is 4.82. The van der Waals surface area contributed by atoms with Crippen molar-refractivity contribution < 1.29 is 14.6 Å². The van der Waals surface area contributed by atoms with Gasteiger partial charge in [0.2, 0.25) is 0 Å². The molecule has 1 aromatic rings. The summed E-state index contributed by atoms with van der Waals surface area (Å²) in [7, 11) is 0.